The Bertz CT molecular complexity index is 535. The van der Waals surface area contributed by atoms with Gasteiger partial charge < -0.3 is 0 Å². The van der Waals surface area contributed by atoms with Crippen molar-refractivity contribution in [3.63, 3.8) is 0 Å². The van der Waals surface area contributed by atoms with Gasteiger partial charge in [-0.25, -0.2) is 13.4 Å². The molecule has 1 aromatic heterocycles. The van der Waals surface area contributed by atoms with E-state index in [0.717, 1.165) is 5.01 Å². The molecule has 0 spiro atoms. The molecule has 1 amide bonds. The number of nitrogens with zero attached hydrogens (tertiary/aromatic N) is 1. The summed E-state index contributed by atoms with van der Waals surface area (Å²) in [5.41, 5.74) is 0.603. The molecule has 7 heteroatoms. The molecule has 0 bridgehead atoms. The molecular weight excluding hydrogens is 284 g/mol. The predicted molar refractivity (Wildman–Crippen MR) is 76.5 cm³/mol. The predicted octanol–water partition coefficient (Wildman–Crippen LogP) is 1.87. The van der Waals surface area contributed by atoms with Crippen LogP contribution < -0.4 is 4.72 Å². The van der Waals surface area contributed by atoms with Crippen LogP contribution >= 0.6 is 11.3 Å². The van der Waals surface area contributed by atoms with Crippen molar-refractivity contribution >= 4 is 27.3 Å². The number of nitrogens with one attached hydrogen (secondary N) is 1. The zero-order valence-corrected chi connectivity index (χ0v) is 13.3. The summed E-state index contributed by atoms with van der Waals surface area (Å²) in [6.45, 7) is 7.36. The van der Waals surface area contributed by atoms with Gasteiger partial charge in [-0.3, -0.25) is 9.52 Å². The Labute approximate surface area is 118 Å². The van der Waals surface area contributed by atoms with Crippen LogP contribution in [0.1, 0.15) is 37.9 Å². The Morgan fingerprint density at radius 1 is 1.42 bits per heavy atom. The van der Waals surface area contributed by atoms with Crippen LogP contribution in [0.2, 0.25) is 0 Å². The summed E-state index contributed by atoms with van der Waals surface area (Å²) < 4.78 is 26.0. The minimum absolute atomic E-state index is 0.00202. The summed E-state index contributed by atoms with van der Waals surface area (Å²) in [6, 6.07) is 0. The molecule has 0 fully saturated rings. The highest BCUT2D eigenvalue weighted by molar-refractivity contribution is 7.90. The minimum atomic E-state index is -3.59. The van der Waals surface area contributed by atoms with E-state index in [1.807, 2.05) is 20.8 Å². The Morgan fingerprint density at radius 2 is 2.05 bits per heavy atom. The van der Waals surface area contributed by atoms with E-state index in [-0.39, 0.29) is 12.3 Å². The zero-order valence-electron chi connectivity index (χ0n) is 11.6. The molecule has 5 nitrogen and oxygen atoms in total. The number of hydrogen-bond donors (Lipinski definition) is 1. The maximum Gasteiger partial charge on any atom is 0.239 e. The van der Waals surface area contributed by atoms with E-state index in [9.17, 15) is 13.2 Å². The number of carbonyl (C=O) groups is 1. The standard InChI is InChI=1S/C12H20N2O3S2/c1-8(2)5-9(3)19(16,17)14-12(15)6-11-7-18-10(4)13-11/h7-9H,5-6H2,1-4H3,(H,14,15)/t9-/m0/s1. The molecule has 0 aliphatic rings. The lowest BCUT2D eigenvalue weighted by Gasteiger charge is -2.15. The Hall–Kier alpha value is -0.950. The number of rotatable bonds is 6. The fourth-order valence-electron chi connectivity index (χ4n) is 1.74. The van der Waals surface area contributed by atoms with Gasteiger partial charge in [0, 0.05) is 5.38 Å². The first-order valence-corrected chi connectivity index (χ1v) is 8.58. The number of hydrogen-bond acceptors (Lipinski definition) is 5. The van der Waals surface area contributed by atoms with Crippen molar-refractivity contribution in [3.8, 4) is 0 Å². The average Bonchev–Trinajstić information content (AvgIpc) is 2.61. The molecule has 0 saturated heterocycles. The summed E-state index contributed by atoms with van der Waals surface area (Å²) in [6.07, 6.45) is 0.524. The van der Waals surface area contributed by atoms with E-state index >= 15 is 0 Å². The molecule has 1 heterocycles. The van der Waals surface area contributed by atoms with E-state index in [2.05, 4.69) is 9.71 Å². The van der Waals surface area contributed by atoms with Gasteiger partial charge in [0.05, 0.1) is 22.4 Å². The Balaban J connectivity index is 2.60. The molecule has 1 atom stereocenters. The van der Waals surface area contributed by atoms with Crippen molar-refractivity contribution in [1.29, 1.82) is 0 Å². The van der Waals surface area contributed by atoms with Gasteiger partial charge in [0.2, 0.25) is 15.9 Å². The van der Waals surface area contributed by atoms with E-state index < -0.39 is 21.2 Å². The van der Waals surface area contributed by atoms with Crippen LogP contribution in [-0.2, 0) is 21.2 Å². The van der Waals surface area contributed by atoms with Crippen molar-refractivity contribution < 1.29 is 13.2 Å². The molecule has 1 aromatic rings. The van der Waals surface area contributed by atoms with Crippen LogP contribution in [0, 0.1) is 12.8 Å². The fourth-order valence-corrected chi connectivity index (χ4v) is 3.58. The Morgan fingerprint density at radius 3 is 2.53 bits per heavy atom. The third-order valence-corrected chi connectivity index (χ3v) is 5.18. The first kappa shape index (κ1) is 16.1. The molecule has 1 rings (SSSR count). The third-order valence-electron chi connectivity index (χ3n) is 2.60. The van der Waals surface area contributed by atoms with Crippen LogP contribution in [0.3, 0.4) is 0 Å². The lowest BCUT2D eigenvalue weighted by molar-refractivity contribution is -0.118. The number of aromatic nitrogens is 1. The third kappa shape index (κ3) is 5.28. The normalized spacial score (nSPS) is 13.5. The van der Waals surface area contributed by atoms with Gasteiger partial charge in [-0.05, 0) is 26.2 Å². The fraction of sp³-hybridized carbons (Fsp3) is 0.667. The first-order valence-electron chi connectivity index (χ1n) is 6.16. The number of thiazole rings is 1. The molecule has 0 aliphatic heterocycles. The Kier molecular flexibility index (Phi) is 5.49. The van der Waals surface area contributed by atoms with Crippen molar-refractivity contribution in [2.75, 3.05) is 0 Å². The van der Waals surface area contributed by atoms with E-state index in [1.54, 1.807) is 12.3 Å². The van der Waals surface area contributed by atoms with Crippen LogP contribution in [0.15, 0.2) is 5.38 Å². The van der Waals surface area contributed by atoms with E-state index in [1.165, 1.54) is 11.3 Å². The number of amides is 1. The van der Waals surface area contributed by atoms with Crippen LogP contribution in [0.5, 0.6) is 0 Å². The van der Waals surface area contributed by atoms with Crippen LogP contribution in [0.25, 0.3) is 0 Å². The number of aryl methyl sites for hydroxylation is 1. The van der Waals surface area contributed by atoms with Crippen molar-refractivity contribution in [2.24, 2.45) is 5.92 Å². The second-order valence-electron chi connectivity index (χ2n) is 5.05. The second-order valence-corrected chi connectivity index (χ2v) is 8.21. The molecule has 1 N–H and O–H groups in total. The summed E-state index contributed by atoms with van der Waals surface area (Å²) in [5.74, 6) is -0.260. The summed E-state index contributed by atoms with van der Waals surface area (Å²) >= 11 is 1.44. The summed E-state index contributed by atoms with van der Waals surface area (Å²) in [5, 5.41) is 2.05. The largest absolute Gasteiger partial charge is 0.274 e. The van der Waals surface area contributed by atoms with Gasteiger partial charge in [-0.2, -0.15) is 0 Å². The topological polar surface area (TPSA) is 76.1 Å². The molecule has 19 heavy (non-hydrogen) atoms. The van der Waals surface area contributed by atoms with Crippen molar-refractivity contribution in [3.05, 3.63) is 16.1 Å². The van der Waals surface area contributed by atoms with Gasteiger partial charge in [0.1, 0.15) is 0 Å². The molecule has 0 saturated carbocycles. The molecule has 0 unspecified atom stereocenters. The van der Waals surface area contributed by atoms with Crippen molar-refractivity contribution in [2.45, 2.75) is 45.8 Å². The van der Waals surface area contributed by atoms with Gasteiger partial charge in [-0.1, -0.05) is 13.8 Å². The first-order chi connectivity index (χ1) is 8.70. The van der Waals surface area contributed by atoms with Gasteiger partial charge in [0.15, 0.2) is 0 Å². The maximum atomic E-state index is 11.9. The highest BCUT2D eigenvalue weighted by Gasteiger charge is 2.24. The lowest BCUT2D eigenvalue weighted by atomic mass is 10.1. The van der Waals surface area contributed by atoms with Gasteiger partial charge >= 0.3 is 0 Å². The van der Waals surface area contributed by atoms with E-state index in [4.69, 9.17) is 0 Å². The number of carbonyl (C=O) groups excluding carboxylic acids is 1. The number of sulfonamides is 1. The summed E-state index contributed by atoms with van der Waals surface area (Å²) in [4.78, 5) is 15.8. The zero-order chi connectivity index (χ0) is 14.6. The molecule has 0 aromatic carbocycles. The quantitative estimate of drug-likeness (QED) is 0.870. The smallest absolute Gasteiger partial charge is 0.239 e. The second kappa shape index (κ2) is 6.47. The van der Waals surface area contributed by atoms with Crippen LogP contribution in [-0.4, -0.2) is 24.6 Å². The van der Waals surface area contributed by atoms with Gasteiger partial charge in [-0.15, -0.1) is 11.3 Å². The average molecular weight is 304 g/mol. The van der Waals surface area contributed by atoms with Crippen LogP contribution in [0.4, 0.5) is 0 Å². The SMILES string of the molecule is Cc1nc(CC(=O)NS(=O)(=O)[C@@H](C)CC(C)C)cs1. The molecule has 0 aliphatic carbocycles. The highest BCUT2D eigenvalue weighted by atomic mass is 32.2. The maximum absolute atomic E-state index is 11.9. The summed E-state index contributed by atoms with van der Waals surface area (Å²) in [7, 11) is -3.59. The van der Waals surface area contributed by atoms with Gasteiger partial charge in [0.25, 0.3) is 0 Å². The lowest BCUT2D eigenvalue weighted by Crippen LogP contribution is -2.38. The monoisotopic (exact) mass is 304 g/mol. The van der Waals surface area contributed by atoms with E-state index in [0.29, 0.717) is 12.1 Å². The van der Waals surface area contributed by atoms with Crippen molar-refractivity contribution in [1.82, 2.24) is 9.71 Å². The molecule has 108 valence electrons. The minimum Gasteiger partial charge on any atom is -0.274 e. The molecule has 0 radical (unpaired) electrons. The molecular formula is C12H20N2O3S2. The highest BCUT2D eigenvalue weighted by Crippen LogP contribution is 2.12.